The number of carbonyl (C=O) groups is 1. The SMILES string of the molecule is Cc1cc(CC(C)Nc2nc(N)nc3ccc(C(=O)O)cc23)n[nH]1. The van der Waals surface area contributed by atoms with Crippen molar-refractivity contribution in [1.29, 1.82) is 0 Å². The molecule has 0 spiro atoms. The number of aromatic carboxylic acids is 1. The predicted octanol–water partition coefficient (Wildman–Crippen LogP) is 1.98. The third kappa shape index (κ3) is 3.27. The zero-order chi connectivity index (χ0) is 17.3. The van der Waals surface area contributed by atoms with Gasteiger partial charge >= 0.3 is 5.97 Å². The minimum atomic E-state index is -1.00. The van der Waals surface area contributed by atoms with Crippen LogP contribution >= 0.6 is 0 Å². The molecule has 2 heterocycles. The van der Waals surface area contributed by atoms with Crippen molar-refractivity contribution in [3.63, 3.8) is 0 Å². The highest BCUT2D eigenvalue weighted by molar-refractivity contribution is 5.97. The summed E-state index contributed by atoms with van der Waals surface area (Å²) in [5, 5.41) is 20.2. The van der Waals surface area contributed by atoms with Crippen molar-refractivity contribution in [2.24, 2.45) is 0 Å². The van der Waals surface area contributed by atoms with Crippen molar-refractivity contribution in [2.75, 3.05) is 11.1 Å². The van der Waals surface area contributed by atoms with Crippen LogP contribution in [0.25, 0.3) is 10.9 Å². The number of rotatable bonds is 5. The van der Waals surface area contributed by atoms with Crippen LogP contribution in [0.2, 0.25) is 0 Å². The van der Waals surface area contributed by atoms with Gasteiger partial charge in [0, 0.05) is 23.5 Å². The molecule has 0 fully saturated rings. The van der Waals surface area contributed by atoms with Crippen LogP contribution in [0.5, 0.6) is 0 Å². The van der Waals surface area contributed by atoms with E-state index in [1.807, 2.05) is 19.9 Å². The quantitative estimate of drug-likeness (QED) is 0.564. The van der Waals surface area contributed by atoms with Gasteiger partial charge in [-0.05, 0) is 38.1 Å². The van der Waals surface area contributed by atoms with Gasteiger partial charge in [-0.15, -0.1) is 0 Å². The molecule has 0 aliphatic rings. The Hall–Kier alpha value is -3.16. The van der Waals surface area contributed by atoms with E-state index in [0.717, 1.165) is 11.4 Å². The maximum atomic E-state index is 11.2. The maximum Gasteiger partial charge on any atom is 0.335 e. The number of anilines is 2. The molecule has 8 nitrogen and oxygen atoms in total. The van der Waals surface area contributed by atoms with Gasteiger partial charge in [0.2, 0.25) is 5.95 Å². The third-order valence-electron chi connectivity index (χ3n) is 3.62. The van der Waals surface area contributed by atoms with E-state index >= 15 is 0 Å². The smallest absolute Gasteiger partial charge is 0.335 e. The normalized spacial score (nSPS) is 12.2. The molecule has 0 aliphatic heterocycles. The number of nitrogen functional groups attached to an aromatic ring is 1. The molecule has 1 unspecified atom stereocenters. The first-order valence-electron chi connectivity index (χ1n) is 7.50. The number of H-pyrrole nitrogens is 1. The van der Waals surface area contributed by atoms with Crippen molar-refractivity contribution < 1.29 is 9.90 Å². The highest BCUT2D eigenvalue weighted by Gasteiger charge is 2.13. The topological polar surface area (TPSA) is 130 Å². The van der Waals surface area contributed by atoms with Gasteiger partial charge in [0.25, 0.3) is 0 Å². The standard InChI is InChI=1S/C16H18N6O2/c1-8(5-11-6-9(2)21-22-11)18-14-12-7-10(15(23)24)3-4-13(12)19-16(17)20-14/h3-4,6-8H,5H2,1-2H3,(H,21,22)(H,23,24)(H3,17,18,19,20). The lowest BCUT2D eigenvalue weighted by atomic mass is 10.1. The number of fused-ring (bicyclic) bond motifs is 1. The Kier molecular flexibility index (Phi) is 4.03. The van der Waals surface area contributed by atoms with E-state index in [9.17, 15) is 9.90 Å². The molecular formula is C16H18N6O2. The van der Waals surface area contributed by atoms with E-state index in [1.54, 1.807) is 12.1 Å². The Bertz CT molecular complexity index is 905. The Labute approximate surface area is 138 Å². The summed E-state index contributed by atoms with van der Waals surface area (Å²) in [5.41, 5.74) is 8.46. The highest BCUT2D eigenvalue weighted by atomic mass is 16.4. The summed E-state index contributed by atoms with van der Waals surface area (Å²) in [6.07, 6.45) is 0.689. The maximum absolute atomic E-state index is 11.2. The van der Waals surface area contributed by atoms with Crippen LogP contribution in [-0.2, 0) is 6.42 Å². The second-order valence-corrected chi connectivity index (χ2v) is 5.76. The van der Waals surface area contributed by atoms with E-state index in [-0.39, 0.29) is 17.6 Å². The molecule has 8 heteroatoms. The fourth-order valence-corrected chi connectivity index (χ4v) is 2.57. The van der Waals surface area contributed by atoms with E-state index in [1.165, 1.54) is 6.07 Å². The molecule has 1 atom stereocenters. The number of aromatic nitrogens is 4. The predicted molar refractivity (Wildman–Crippen MR) is 91.0 cm³/mol. The number of aryl methyl sites for hydroxylation is 1. The van der Waals surface area contributed by atoms with Crippen molar-refractivity contribution in [3.8, 4) is 0 Å². The van der Waals surface area contributed by atoms with Gasteiger partial charge in [-0.25, -0.2) is 9.78 Å². The monoisotopic (exact) mass is 326 g/mol. The fraction of sp³-hybridized carbons (Fsp3) is 0.250. The summed E-state index contributed by atoms with van der Waals surface area (Å²) in [7, 11) is 0. The number of hydrogen-bond donors (Lipinski definition) is 4. The number of hydrogen-bond acceptors (Lipinski definition) is 6. The molecule has 0 radical (unpaired) electrons. The number of carboxylic acid groups (broad SMARTS) is 1. The fourth-order valence-electron chi connectivity index (χ4n) is 2.57. The lowest BCUT2D eigenvalue weighted by Crippen LogP contribution is -2.20. The summed E-state index contributed by atoms with van der Waals surface area (Å²) < 4.78 is 0. The summed E-state index contributed by atoms with van der Waals surface area (Å²) >= 11 is 0. The highest BCUT2D eigenvalue weighted by Crippen LogP contribution is 2.23. The Balaban J connectivity index is 1.92. The van der Waals surface area contributed by atoms with Gasteiger partial charge in [0.1, 0.15) is 5.82 Å². The van der Waals surface area contributed by atoms with Crippen LogP contribution in [0.1, 0.15) is 28.7 Å². The summed E-state index contributed by atoms with van der Waals surface area (Å²) in [5.74, 6) is -0.351. The molecule has 1 aromatic carbocycles. The molecular weight excluding hydrogens is 308 g/mol. The van der Waals surface area contributed by atoms with E-state index in [2.05, 4.69) is 25.5 Å². The molecule has 0 saturated heterocycles. The summed E-state index contributed by atoms with van der Waals surface area (Å²) in [6.45, 7) is 3.94. The number of carboxylic acids is 1. The number of aromatic amines is 1. The summed E-state index contributed by atoms with van der Waals surface area (Å²) in [4.78, 5) is 19.6. The Morgan fingerprint density at radius 3 is 2.83 bits per heavy atom. The first-order chi connectivity index (χ1) is 11.4. The van der Waals surface area contributed by atoms with Gasteiger partial charge < -0.3 is 16.2 Å². The molecule has 0 amide bonds. The number of benzene rings is 1. The second-order valence-electron chi connectivity index (χ2n) is 5.76. The Morgan fingerprint density at radius 1 is 1.38 bits per heavy atom. The first-order valence-corrected chi connectivity index (χ1v) is 7.50. The van der Waals surface area contributed by atoms with Crippen LogP contribution in [0.15, 0.2) is 24.3 Å². The van der Waals surface area contributed by atoms with Gasteiger partial charge in [-0.3, -0.25) is 5.10 Å². The largest absolute Gasteiger partial charge is 0.478 e. The average Bonchev–Trinajstić information content (AvgIpc) is 2.91. The Morgan fingerprint density at radius 2 is 2.17 bits per heavy atom. The lowest BCUT2D eigenvalue weighted by molar-refractivity contribution is 0.0697. The average molecular weight is 326 g/mol. The van der Waals surface area contributed by atoms with E-state index in [4.69, 9.17) is 5.73 Å². The van der Waals surface area contributed by atoms with Gasteiger partial charge in [-0.2, -0.15) is 10.1 Å². The molecule has 0 saturated carbocycles. The van der Waals surface area contributed by atoms with Crippen molar-refractivity contribution in [3.05, 3.63) is 41.2 Å². The second kappa shape index (κ2) is 6.15. The minimum Gasteiger partial charge on any atom is -0.478 e. The van der Waals surface area contributed by atoms with Crippen LogP contribution < -0.4 is 11.1 Å². The molecule has 2 aromatic heterocycles. The third-order valence-corrected chi connectivity index (χ3v) is 3.62. The van der Waals surface area contributed by atoms with Crippen LogP contribution in [0.3, 0.4) is 0 Å². The number of nitrogens with one attached hydrogen (secondary N) is 2. The van der Waals surface area contributed by atoms with E-state index < -0.39 is 5.97 Å². The van der Waals surface area contributed by atoms with Crippen LogP contribution in [-0.4, -0.2) is 37.3 Å². The molecule has 24 heavy (non-hydrogen) atoms. The van der Waals surface area contributed by atoms with Gasteiger partial charge in [0.15, 0.2) is 0 Å². The molecule has 5 N–H and O–H groups in total. The van der Waals surface area contributed by atoms with E-state index in [0.29, 0.717) is 23.1 Å². The van der Waals surface area contributed by atoms with Crippen molar-refractivity contribution in [1.82, 2.24) is 20.2 Å². The first kappa shape index (κ1) is 15.7. The molecule has 124 valence electrons. The van der Waals surface area contributed by atoms with Crippen molar-refractivity contribution >= 4 is 28.6 Å². The molecule has 0 bridgehead atoms. The van der Waals surface area contributed by atoms with Crippen LogP contribution in [0.4, 0.5) is 11.8 Å². The summed E-state index contributed by atoms with van der Waals surface area (Å²) in [6, 6.07) is 6.68. The van der Waals surface area contributed by atoms with Crippen LogP contribution in [0, 0.1) is 6.92 Å². The van der Waals surface area contributed by atoms with Crippen molar-refractivity contribution in [2.45, 2.75) is 26.3 Å². The van der Waals surface area contributed by atoms with Gasteiger partial charge in [0.05, 0.1) is 16.8 Å². The number of nitrogens with two attached hydrogens (primary N) is 1. The molecule has 3 rings (SSSR count). The zero-order valence-corrected chi connectivity index (χ0v) is 13.4. The minimum absolute atomic E-state index is 0.0266. The lowest BCUT2D eigenvalue weighted by Gasteiger charge is -2.15. The number of nitrogens with zero attached hydrogens (tertiary/aromatic N) is 3. The zero-order valence-electron chi connectivity index (χ0n) is 13.4. The molecule has 0 aliphatic carbocycles. The molecule has 3 aromatic rings. The van der Waals surface area contributed by atoms with Gasteiger partial charge in [-0.1, -0.05) is 0 Å².